The van der Waals surface area contributed by atoms with Gasteiger partial charge in [-0.1, -0.05) is 43.5 Å². The first-order valence-electron chi connectivity index (χ1n) is 13.4. The van der Waals surface area contributed by atoms with Crippen LogP contribution in [0.2, 0.25) is 0 Å². The number of anilines is 2. The Kier molecular flexibility index (Phi) is 7.30. The van der Waals surface area contributed by atoms with Crippen molar-refractivity contribution < 1.29 is 14.3 Å². The summed E-state index contributed by atoms with van der Waals surface area (Å²) < 4.78 is 5.36. The molecule has 0 radical (unpaired) electrons. The molecule has 7 heteroatoms. The van der Waals surface area contributed by atoms with E-state index in [4.69, 9.17) is 4.74 Å². The van der Waals surface area contributed by atoms with Crippen molar-refractivity contribution in [2.75, 3.05) is 23.9 Å². The summed E-state index contributed by atoms with van der Waals surface area (Å²) in [5.74, 6) is 0.545. The Balaban J connectivity index is 1.35. The van der Waals surface area contributed by atoms with Gasteiger partial charge in [0.05, 0.1) is 18.2 Å². The van der Waals surface area contributed by atoms with Crippen LogP contribution >= 0.6 is 0 Å². The zero-order valence-corrected chi connectivity index (χ0v) is 23.2. The summed E-state index contributed by atoms with van der Waals surface area (Å²) in [5, 5.41) is 6.34. The molecule has 0 fully saturated rings. The van der Waals surface area contributed by atoms with Crippen molar-refractivity contribution in [2.45, 2.75) is 33.1 Å². The molecule has 2 amide bonds. The maximum atomic E-state index is 13.5. The molecule has 1 spiro atoms. The van der Waals surface area contributed by atoms with E-state index in [0.29, 0.717) is 30.8 Å². The van der Waals surface area contributed by atoms with Crippen LogP contribution in [0.5, 0.6) is 5.75 Å². The molecule has 40 heavy (non-hydrogen) atoms. The van der Waals surface area contributed by atoms with Gasteiger partial charge < -0.3 is 20.3 Å². The van der Waals surface area contributed by atoms with Crippen LogP contribution in [0, 0.1) is 5.41 Å². The Labute approximate surface area is 235 Å². The van der Waals surface area contributed by atoms with Gasteiger partial charge in [0, 0.05) is 35.9 Å². The van der Waals surface area contributed by atoms with E-state index in [1.54, 1.807) is 37.3 Å². The number of fused-ring (bicyclic) bond motifs is 2. The molecule has 2 N–H and O–H groups in total. The van der Waals surface area contributed by atoms with E-state index in [0.717, 1.165) is 45.8 Å². The minimum absolute atomic E-state index is 0.0356. The lowest BCUT2D eigenvalue weighted by atomic mass is 9.78. The van der Waals surface area contributed by atoms with E-state index in [-0.39, 0.29) is 17.5 Å². The molecule has 1 aliphatic carbocycles. The standard InChI is InChI=1S/C33H34N4O3/c1-6-8-9-28-22(4)36-32(39)33(28)19-24-10-12-26(17-25(24)20-33)35-21(3)16-29(34-7-2)31(38)37-15-14-23-11-13-27(40-5)18-30(23)37/h6-13,16-18,35H,1,3,14-15,19-20H2,2,4-5H3,(H,36,39)/b9-8-,29-16-,34-7?. The molecule has 1 unspecified atom stereocenters. The number of nitrogens with one attached hydrogen (secondary N) is 2. The second-order valence-electron chi connectivity index (χ2n) is 10.3. The minimum atomic E-state index is -0.606. The molecule has 0 saturated heterocycles. The Hall–Kier alpha value is -4.65. The van der Waals surface area contributed by atoms with E-state index in [1.165, 1.54) is 0 Å². The number of methoxy groups -OCH3 is 1. The predicted molar refractivity (Wildman–Crippen MR) is 161 cm³/mol. The zero-order valence-electron chi connectivity index (χ0n) is 23.2. The molecule has 0 bridgehead atoms. The van der Waals surface area contributed by atoms with E-state index in [1.807, 2.05) is 43.3 Å². The normalized spacial score (nSPS) is 19.9. The average Bonchev–Trinajstić information content (AvgIpc) is 3.60. The first kappa shape index (κ1) is 26.9. The van der Waals surface area contributed by atoms with Crippen molar-refractivity contribution in [3.8, 4) is 5.75 Å². The SMILES string of the molecule is C=C/C=C\C1=C(C)NC(=O)C12Cc1ccc(NC(=C)/C=C(\N=CC)C(=O)N3CCc4ccc(OC)cc43)cc1C2. The van der Waals surface area contributed by atoms with E-state index >= 15 is 0 Å². The zero-order chi connectivity index (χ0) is 28.4. The molecule has 2 aliphatic heterocycles. The molecule has 1 atom stereocenters. The van der Waals surface area contributed by atoms with Crippen molar-refractivity contribution in [2.24, 2.45) is 10.4 Å². The number of nitrogens with zero attached hydrogens (tertiary/aromatic N) is 2. The van der Waals surface area contributed by atoms with Gasteiger partial charge in [-0.25, -0.2) is 0 Å². The van der Waals surface area contributed by atoms with E-state index < -0.39 is 5.41 Å². The molecule has 5 rings (SSSR count). The second-order valence-corrected chi connectivity index (χ2v) is 10.3. The van der Waals surface area contributed by atoms with Gasteiger partial charge >= 0.3 is 0 Å². The van der Waals surface area contributed by atoms with E-state index in [9.17, 15) is 9.59 Å². The fraction of sp³-hybridized carbons (Fsp3) is 0.242. The number of carbonyl (C=O) groups excluding carboxylic acids is 2. The van der Waals surface area contributed by atoms with Crippen molar-refractivity contribution in [1.29, 1.82) is 0 Å². The number of carbonyl (C=O) groups is 2. The molecule has 3 aliphatic rings. The maximum Gasteiger partial charge on any atom is 0.276 e. The van der Waals surface area contributed by atoms with Crippen LogP contribution in [0.25, 0.3) is 0 Å². The lowest BCUT2D eigenvalue weighted by molar-refractivity contribution is -0.126. The van der Waals surface area contributed by atoms with Crippen LogP contribution < -0.4 is 20.3 Å². The summed E-state index contributed by atoms with van der Waals surface area (Å²) in [5.41, 5.74) is 7.17. The fourth-order valence-electron chi connectivity index (χ4n) is 5.91. The number of hydrogen-bond donors (Lipinski definition) is 2. The monoisotopic (exact) mass is 534 g/mol. The summed E-state index contributed by atoms with van der Waals surface area (Å²) in [6, 6.07) is 11.9. The van der Waals surface area contributed by atoms with Gasteiger partial charge in [-0.2, -0.15) is 0 Å². The number of amides is 2. The van der Waals surface area contributed by atoms with Gasteiger partial charge in [0.2, 0.25) is 5.91 Å². The summed E-state index contributed by atoms with van der Waals surface area (Å²) in [4.78, 5) is 32.7. The quantitative estimate of drug-likeness (QED) is 0.269. The average molecular weight is 535 g/mol. The Morgan fingerprint density at radius 2 is 1.95 bits per heavy atom. The Morgan fingerprint density at radius 1 is 1.18 bits per heavy atom. The molecule has 2 aromatic carbocycles. The molecule has 7 nitrogen and oxygen atoms in total. The van der Waals surface area contributed by atoms with Crippen LogP contribution in [-0.2, 0) is 28.9 Å². The van der Waals surface area contributed by atoms with Crippen molar-refractivity contribution in [3.63, 3.8) is 0 Å². The highest BCUT2D eigenvalue weighted by atomic mass is 16.5. The Morgan fingerprint density at radius 3 is 2.70 bits per heavy atom. The first-order chi connectivity index (χ1) is 19.3. The van der Waals surface area contributed by atoms with Gasteiger partial charge in [-0.15, -0.1) is 0 Å². The summed E-state index contributed by atoms with van der Waals surface area (Å²) in [6.45, 7) is 12.2. The van der Waals surface area contributed by atoms with Crippen LogP contribution in [0.4, 0.5) is 11.4 Å². The number of ether oxygens (including phenoxy) is 1. The maximum absolute atomic E-state index is 13.5. The van der Waals surface area contributed by atoms with Crippen LogP contribution in [0.1, 0.15) is 30.5 Å². The number of allylic oxidation sites excluding steroid dienone is 5. The molecule has 2 aromatic rings. The molecule has 0 aromatic heterocycles. The van der Waals surface area contributed by atoms with Crippen molar-refractivity contribution >= 4 is 29.4 Å². The highest BCUT2D eigenvalue weighted by molar-refractivity contribution is 6.07. The van der Waals surface area contributed by atoms with Crippen LogP contribution in [0.15, 0.2) is 102 Å². The van der Waals surface area contributed by atoms with Crippen molar-refractivity contribution in [3.05, 3.63) is 113 Å². The molecule has 2 heterocycles. The number of benzene rings is 2. The summed E-state index contributed by atoms with van der Waals surface area (Å²) >= 11 is 0. The highest BCUT2D eigenvalue weighted by Crippen LogP contribution is 2.47. The molecular formula is C33H34N4O3. The predicted octanol–water partition coefficient (Wildman–Crippen LogP) is 5.42. The van der Waals surface area contributed by atoms with Gasteiger partial charge in [-0.05, 0) is 79.6 Å². The molecule has 0 saturated carbocycles. The Bertz CT molecular complexity index is 1540. The lowest BCUT2D eigenvalue weighted by Crippen LogP contribution is -2.34. The number of aliphatic imine (C=N–C) groups is 1. The lowest BCUT2D eigenvalue weighted by Gasteiger charge is -2.22. The third-order valence-electron chi connectivity index (χ3n) is 7.78. The largest absolute Gasteiger partial charge is 0.497 e. The van der Waals surface area contributed by atoms with Gasteiger partial charge in [0.1, 0.15) is 11.4 Å². The van der Waals surface area contributed by atoms with Gasteiger partial charge in [-0.3, -0.25) is 14.6 Å². The smallest absolute Gasteiger partial charge is 0.276 e. The summed E-state index contributed by atoms with van der Waals surface area (Å²) in [7, 11) is 1.61. The second kappa shape index (κ2) is 10.8. The third kappa shape index (κ3) is 4.79. The molecule has 204 valence electrons. The summed E-state index contributed by atoms with van der Waals surface area (Å²) in [6.07, 6.45) is 10.9. The molecular weight excluding hydrogens is 500 g/mol. The first-order valence-corrected chi connectivity index (χ1v) is 13.4. The van der Waals surface area contributed by atoms with Crippen LogP contribution in [0.3, 0.4) is 0 Å². The number of hydrogen-bond acceptors (Lipinski definition) is 5. The van der Waals surface area contributed by atoms with Crippen molar-refractivity contribution in [1.82, 2.24) is 5.32 Å². The van der Waals surface area contributed by atoms with E-state index in [2.05, 4.69) is 40.9 Å². The fourth-order valence-corrected chi connectivity index (χ4v) is 5.91. The topological polar surface area (TPSA) is 83.0 Å². The highest BCUT2D eigenvalue weighted by Gasteiger charge is 2.50. The minimum Gasteiger partial charge on any atom is -0.497 e. The van der Waals surface area contributed by atoms with Crippen LogP contribution in [-0.4, -0.2) is 31.7 Å². The van der Waals surface area contributed by atoms with Gasteiger partial charge in [0.25, 0.3) is 5.91 Å². The number of rotatable bonds is 8. The van der Waals surface area contributed by atoms with Gasteiger partial charge in [0.15, 0.2) is 0 Å². The third-order valence-corrected chi connectivity index (χ3v) is 7.78.